The van der Waals surface area contributed by atoms with E-state index in [1.165, 1.54) is 23.1 Å². The Hall–Kier alpha value is -1.90. The van der Waals surface area contributed by atoms with Gasteiger partial charge >= 0.3 is 0 Å². The molecule has 0 aliphatic carbocycles. The van der Waals surface area contributed by atoms with Gasteiger partial charge in [-0.25, -0.2) is 0 Å². The van der Waals surface area contributed by atoms with Crippen LogP contribution in [0.15, 0.2) is 41.6 Å². The largest absolute Gasteiger partial charge is 0.340 e. The SMILES string of the molecule is Cc1cccc(-n2nnnc2SCC(=O)N(C)Cc2ccc(Cl)s2)c1. The number of thiophene rings is 1. The second-order valence-corrected chi connectivity index (χ2v) is 8.20. The van der Waals surface area contributed by atoms with Crippen LogP contribution in [0, 0.1) is 6.92 Å². The summed E-state index contributed by atoms with van der Waals surface area (Å²) in [6.07, 6.45) is 0. The number of rotatable bonds is 6. The average molecular weight is 394 g/mol. The van der Waals surface area contributed by atoms with Gasteiger partial charge in [0.15, 0.2) is 0 Å². The van der Waals surface area contributed by atoms with E-state index in [1.54, 1.807) is 16.6 Å². The number of amides is 1. The molecule has 0 saturated heterocycles. The second kappa shape index (κ2) is 7.99. The van der Waals surface area contributed by atoms with Crippen molar-refractivity contribution in [1.29, 1.82) is 0 Å². The maximum absolute atomic E-state index is 12.4. The molecule has 1 amide bonds. The van der Waals surface area contributed by atoms with E-state index in [1.807, 2.05) is 43.3 Å². The summed E-state index contributed by atoms with van der Waals surface area (Å²) in [5.74, 6) is 0.273. The van der Waals surface area contributed by atoms with Crippen molar-refractivity contribution >= 4 is 40.6 Å². The minimum atomic E-state index is 0.00770. The Labute approximate surface area is 158 Å². The number of hydrogen-bond donors (Lipinski definition) is 0. The highest BCUT2D eigenvalue weighted by Crippen LogP contribution is 2.23. The molecule has 0 aliphatic rings. The van der Waals surface area contributed by atoms with E-state index in [2.05, 4.69) is 15.5 Å². The lowest BCUT2D eigenvalue weighted by molar-refractivity contribution is -0.127. The zero-order chi connectivity index (χ0) is 17.8. The summed E-state index contributed by atoms with van der Waals surface area (Å²) in [5.41, 5.74) is 2.00. The summed E-state index contributed by atoms with van der Waals surface area (Å²) in [6.45, 7) is 2.55. The van der Waals surface area contributed by atoms with Crippen LogP contribution in [0.25, 0.3) is 5.69 Å². The first-order valence-electron chi connectivity index (χ1n) is 7.49. The Morgan fingerprint density at radius 1 is 1.36 bits per heavy atom. The van der Waals surface area contributed by atoms with Crippen molar-refractivity contribution < 1.29 is 4.79 Å². The number of aromatic nitrogens is 4. The highest BCUT2D eigenvalue weighted by atomic mass is 35.5. The van der Waals surface area contributed by atoms with Crippen LogP contribution in [0.1, 0.15) is 10.4 Å². The van der Waals surface area contributed by atoms with E-state index in [0.717, 1.165) is 20.5 Å². The Balaban J connectivity index is 1.62. The molecule has 0 radical (unpaired) electrons. The highest BCUT2D eigenvalue weighted by molar-refractivity contribution is 7.99. The average Bonchev–Trinajstić information content (AvgIpc) is 3.21. The summed E-state index contributed by atoms with van der Waals surface area (Å²) in [4.78, 5) is 15.1. The Kier molecular flexibility index (Phi) is 5.72. The molecule has 6 nitrogen and oxygen atoms in total. The van der Waals surface area contributed by atoms with Crippen LogP contribution in [-0.4, -0.2) is 43.8 Å². The standard InChI is InChI=1S/C16H16ClN5OS2/c1-11-4-3-5-12(8-11)22-16(18-19-20-22)24-10-15(23)21(2)9-13-6-7-14(17)25-13/h3-8H,9-10H2,1-2H3. The molecule has 3 aromatic rings. The number of nitrogens with zero attached hydrogens (tertiary/aromatic N) is 5. The van der Waals surface area contributed by atoms with Gasteiger partial charge in [-0.15, -0.1) is 16.4 Å². The highest BCUT2D eigenvalue weighted by Gasteiger charge is 2.15. The van der Waals surface area contributed by atoms with E-state index >= 15 is 0 Å². The summed E-state index contributed by atoms with van der Waals surface area (Å²) in [7, 11) is 1.78. The maximum Gasteiger partial charge on any atom is 0.233 e. The van der Waals surface area contributed by atoms with Crippen molar-refractivity contribution in [1.82, 2.24) is 25.1 Å². The van der Waals surface area contributed by atoms with Gasteiger partial charge in [-0.3, -0.25) is 4.79 Å². The Morgan fingerprint density at radius 2 is 2.20 bits per heavy atom. The van der Waals surface area contributed by atoms with Gasteiger partial charge in [0.2, 0.25) is 11.1 Å². The lowest BCUT2D eigenvalue weighted by atomic mass is 10.2. The number of tetrazole rings is 1. The molecule has 9 heteroatoms. The third-order valence-corrected chi connectivity index (χ3v) is 5.58. The predicted molar refractivity (Wildman–Crippen MR) is 100 cm³/mol. The topological polar surface area (TPSA) is 63.9 Å². The van der Waals surface area contributed by atoms with Gasteiger partial charge in [0.25, 0.3) is 0 Å². The van der Waals surface area contributed by atoms with Crippen molar-refractivity contribution in [3.8, 4) is 5.69 Å². The first-order chi connectivity index (χ1) is 12.0. The Morgan fingerprint density at radius 3 is 2.92 bits per heavy atom. The van der Waals surface area contributed by atoms with Gasteiger partial charge < -0.3 is 4.90 Å². The molecule has 130 valence electrons. The van der Waals surface area contributed by atoms with Gasteiger partial charge in [0.1, 0.15) is 0 Å². The molecule has 0 saturated carbocycles. The van der Waals surface area contributed by atoms with Crippen molar-refractivity contribution in [2.75, 3.05) is 12.8 Å². The normalized spacial score (nSPS) is 10.8. The summed E-state index contributed by atoms with van der Waals surface area (Å²) in [5, 5.41) is 12.4. The van der Waals surface area contributed by atoms with Crippen LogP contribution >= 0.6 is 34.7 Å². The summed E-state index contributed by atoms with van der Waals surface area (Å²) < 4.78 is 2.37. The molecule has 1 aromatic carbocycles. The van der Waals surface area contributed by atoms with E-state index in [0.29, 0.717) is 11.7 Å². The van der Waals surface area contributed by atoms with Gasteiger partial charge in [0, 0.05) is 11.9 Å². The number of carbonyl (C=O) groups is 1. The number of aryl methyl sites for hydroxylation is 1. The molecule has 0 bridgehead atoms. The molecular weight excluding hydrogens is 378 g/mol. The van der Waals surface area contributed by atoms with E-state index < -0.39 is 0 Å². The first-order valence-corrected chi connectivity index (χ1v) is 9.67. The van der Waals surface area contributed by atoms with E-state index in [4.69, 9.17) is 11.6 Å². The van der Waals surface area contributed by atoms with Crippen molar-refractivity contribution in [3.63, 3.8) is 0 Å². The van der Waals surface area contributed by atoms with Gasteiger partial charge in [-0.2, -0.15) is 4.68 Å². The van der Waals surface area contributed by atoms with E-state index in [9.17, 15) is 4.79 Å². The molecule has 2 aromatic heterocycles. The maximum atomic E-state index is 12.4. The quantitative estimate of drug-likeness (QED) is 0.600. The lowest BCUT2D eigenvalue weighted by Crippen LogP contribution is -2.27. The molecule has 3 rings (SSSR count). The first kappa shape index (κ1) is 17.9. The van der Waals surface area contributed by atoms with Crippen LogP contribution in [0.4, 0.5) is 0 Å². The van der Waals surface area contributed by atoms with Crippen LogP contribution in [0.5, 0.6) is 0 Å². The van der Waals surface area contributed by atoms with E-state index in [-0.39, 0.29) is 11.7 Å². The second-order valence-electron chi connectivity index (χ2n) is 5.46. The molecule has 0 spiro atoms. The molecule has 0 atom stereocenters. The van der Waals surface area contributed by atoms with Crippen LogP contribution in [0.2, 0.25) is 4.34 Å². The predicted octanol–water partition coefficient (Wildman–Crippen LogP) is 3.44. The zero-order valence-electron chi connectivity index (χ0n) is 13.7. The molecule has 0 aliphatic heterocycles. The number of halogens is 1. The lowest BCUT2D eigenvalue weighted by Gasteiger charge is -2.15. The number of carbonyl (C=O) groups excluding carboxylic acids is 1. The zero-order valence-corrected chi connectivity index (χ0v) is 16.1. The fourth-order valence-electron chi connectivity index (χ4n) is 2.19. The van der Waals surface area contributed by atoms with Gasteiger partial charge in [0.05, 0.1) is 22.3 Å². The van der Waals surface area contributed by atoms with Gasteiger partial charge in [-0.05, 0) is 47.2 Å². The number of thioether (sulfide) groups is 1. The summed E-state index contributed by atoms with van der Waals surface area (Å²) in [6, 6.07) is 11.7. The molecule has 2 heterocycles. The van der Waals surface area contributed by atoms with Gasteiger partial charge in [-0.1, -0.05) is 35.5 Å². The molecule has 0 N–H and O–H groups in total. The smallest absolute Gasteiger partial charge is 0.233 e. The molecule has 0 fully saturated rings. The molecule has 25 heavy (non-hydrogen) atoms. The number of benzene rings is 1. The monoisotopic (exact) mass is 393 g/mol. The van der Waals surface area contributed by atoms with Crippen molar-refractivity contribution in [2.24, 2.45) is 0 Å². The van der Waals surface area contributed by atoms with Crippen LogP contribution in [-0.2, 0) is 11.3 Å². The third-order valence-electron chi connectivity index (χ3n) is 3.46. The van der Waals surface area contributed by atoms with Crippen LogP contribution in [0.3, 0.4) is 0 Å². The minimum absolute atomic E-state index is 0.00770. The summed E-state index contributed by atoms with van der Waals surface area (Å²) >= 11 is 8.72. The Bertz CT molecular complexity index is 879. The molecule has 0 unspecified atom stereocenters. The van der Waals surface area contributed by atoms with Crippen molar-refractivity contribution in [3.05, 3.63) is 51.2 Å². The third kappa shape index (κ3) is 4.59. The molecular formula is C16H16ClN5OS2. The number of hydrogen-bond acceptors (Lipinski definition) is 6. The van der Waals surface area contributed by atoms with Crippen molar-refractivity contribution in [2.45, 2.75) is 18.6 Å². The van der Waals surface area contributed by atoms with Crippen LogP contribution < -0.4 is 0 Å². The minimum Gasteiger partial charge on any atom is -0.340 e. The fraction of sp³-hybridized carbons (Fsp3) is 0.250. The fourth-order valence-corrected chi connectivity index (χ4v) is 4.16.